The molecule has 0 spiro atoms. The summed E-state index contributed by atoms with van der Waals surface area (Å²) in [5.74, 6) is -1.12. The molecule has 0 aromatic heterocycles. The van der Waals surface area contributed by atoms with Crippen LogP contribution in [-0.2, 0) is 0 Å². The maximum atomic E-state index is 14.8. The molecule has 0 aliphatic carbocycles. The van der Waals surface area contributed by atoms with E-state index in [2.05, 4.69) is 19.2 Å². The summed E-state index contributed by atoms with van der Waals surface area (Å²) in [6.45, 7) is 2.01. The van der Waals surface area contributed by atoms with Crippen LogP contribution in [0.2, 0.25) is 0 Å². The molecule has 1 aliphatic heterocycles. The van der Waals surface area contributed by atoms with Crippen LogP contribution in [0.25, 0.3) is 0 Å². The molecule has 0 fully saturated rings. The largest absolute Gasteiger partial charge is 0.271 e. The highest BCUT2D eigenvalue weighted by Crippen LogP contribution is 2.73. The van der Waals surface area contributed by atoms with Gasteiger partial charge in [0.1, 0.15) is 17.5 Å². The van der Waals surface area contributed by atoms with Crippen LogP contribution >= 0.6 is 10.6 Å². The van der Waals surface area contributed by atoms with Gasteiger partial charge in [-0.25, -0.2) is 13.2 Å². The normalized spacial score (nSPS) is 14.7. The van der Waals surface area contributed by atoms with Gasteiger partial charge in [-0.3, -0.25) is 12.9 Å². The molecule has 0 amide bonds. The highest BCUT2D eigenvalue weighted by atomic mass is 32.3. The first-order chi connectivity index (χ1) is 18.9. The number of fused-ring (bicyclic) bond motifs is 1. The van der Waals surface area contributed by atoms with Crippen molar-refractivity contribution >= 4 is 44.7 Å². The monoisotopic (exact) mass is 541 g/mol. The van der Waals surface area contributed by atoms with E-state index in [4.69, 9.17) is 0 Å². The zero-order valence-corrected chi connectivity index (χ0v) is 22.2. The quantitative estimate of drug-likeness (QED) is 0.219. The standard InChI is InChI=1S/C32H26F3N3S/c1-23-10-3-4-17-30(23)36(27-14-7-11-24(33)20-27)39(2)37(28-15-8-12-25(34)21-28)31-18-5-6-19-32(31)38(39)29-16-9-13-26(35)22-29/h3-22H,1-2H3. The zero-order chi connectivity index (χ0) is 27.1. The minimum atomic E-state index is -2.47. The summed E-state index contributed by atoms with van der Waals surface area (Å²) in [4.78, 5) is 0. The summed E-state index contributed by atoms with van der Waals surface area (Å²) in [6, 6.07) is 35.1. The maximum Gasteiger partial charge on any atom is 0.125 e. The highest BCUT2D eigenvalue weighted by molar-refractivity contribution is 8.37. The number of nitrogens with zero attached hydrogens (tertiary/aromatic N) is 3. The summed E-state index contributed by atoms with van der Waals surface area (Å²) in [7, 11) is -2.47. The lowest BCUT2D eigenvalue weighted by atomic mass is 10.2. The summed E-state index contributed by atoms with van der Waals surface area (Å²) in [5.41, 5.74) is 5.39. The molecular weight excluding hydrogens is 515 g/mol. The fraction of sp³-hybridized carbons (Fsp3) is 0.0625. The highest BCUT2D eigenvalue weighted by Gasteiger charge is 2.49. The molecule has 0 radical (unpaired) electrons. The minimum absolute atomic E-state index is 0.371. The van der Waals surface area contributed by atoms with Gasteiger partial charge in [0.2, 0.25) is 0 Å². The second-order valence-corrected chi connectivity index (χ2v) is 12.1. The number of hydrogen-bond acceptors (Lipinski definition) is 3. The first-order valence-electron chi connectivity index (χ1n) is 12.5. The zero-order valence-electron chi connectivity index (χ0n) is 21.4. The van der Waals surface area contributed by atoms with Gasteiger partial charge in [0.15, 0.2) is 0 Å². The van der Waals surface area contributed by atoms with Crippen molar-refractivity contribution in [3.05, 3.63) is 144 Å². The van der Waals surface area contributed by atoms with Crippen LogP contribution in [-0.4, -0.2) is 6.26 Å². The van der Waals surface area contributed by atoms with Gasteiger partial charge >= 0.3 is 0 Å². The van der Waals surface area contributed by atoms with E-state index in [1.54, 1.807) is 18.2 Å². The van der Waals surface area contributed by atoms with Crippen molar-refractivity contribution in [3.8, 4) is 0 Å². The van der Waals surface area contributed by atoms with Gasteiger partial charge < -0.3 is 0 Å². The number of anilines is 6. The van der Waals surface area contributed by atoms with E-state index in [0.717, 1.165) is 22.6 Å². The van der Waals surface area contributed by atoms with Gasteiger partial charge in [-0.15, -0.1) is 0 Å². The Hall–Kier alpha value is -4.36. The van der Waals surface area contributed by atoms with Crippen molar-refractivity contribution < 1.29 is 13.2 Å². The molecule has 1 heterocycles. The Balaban J connectivity index is 1.73. The Labute approximate surface area is 228 Å². The van der Waals surface area contributed by atoms with Crippen LogP contribution in [0.5, 0.6) is 0 Å². The van der Waals surface area contributed by atoms with Crippen molar-refractivity contribution in [2.45, 2.75) is 6.92 Å². The predicted octanol–water partition coefficient (Wildman–Crippen LogP) is 9.72. The molecule has 0 N–H and O–H groups in total. The lowest BCUT2D eigenvalue weighted by Crippen LogP contribution is -2.40. The maximum absolute atomic E-state index is 14.8. The molecule has 3 nitrogen and oxygen atoms in total. The smallest absolute Gasteiger partial charge is 0.125 e. The Morgan fingerprint density at radius 2 is 1.05 bits per heavy atom. The van der Waals surface area contributed by atoms with Crippen LogP contribution < -0.4 is 12.9 Å². The fourth-order valence-electron chi connectivity index (χ4n) is 5.23. The number of rotatable bonds is 5. The molecule has 39 heavy (non-hydrogen) atoms. The molecule has 196 valence electrons. The average molecular weight is 542 g/mol. The molecule has 0 unspecified atom stereocenters. The molecule has 1 aliphatic rings. The Morgan fingerprint density at radius 1 is 0.564 bits per heavy atom. The molecule has 5 aromatic carbocycles. The van der Waals surface area contributed by atoms with Crippen molar-refractivity contribution in [1.29, 1.82) is 0 Å². The topological polar surface area (TPSA) is 9.72 Å². The number of halogens is 3. The van der Waals surface area contributed by atoms with Gasteiger partial charge in [0.25, 0.3) is 0 Å². The SMILES string of the molecule is Cc1ccccc1N(c1cccc(F)c1)S1(C)N(c2cccc(F)c2)c2ccccc2N1c1cccc(F)c1. The van der Waals surface area contributed by atoms with E-state index in [1.807, 2.05) is 73.7 Å². The van der Waals surface area contributed by atoms with E-state index in [0.29, 0.717) is 17.1 Å². The van der Waals surface area contributed by atoms with Gasteiger partial charge in [-0.2, -0.15) is 0 Å². The summed E-state index contributed by atoms with van der Waals surface area (Å²) >= 11 is 0. The Morgan fingerprint density at radius 3 is 1.56 bits per heavy atom. The first kappa shape index (κ1) is 24.9. The second kappa shape index (κ2) is 9.75. The third-order valence-electron chi connectivity index (χ3n) is 6.82. The third kappa shape index (κ3) is 4.19. The first-order valence-corrected chi connectivity index (χ1v) is 14.4. The molecule has 7 heteroatoms. The average Bonchev–Trinajstić information content (AvgIpc) is 3.18. The van der Waals surface area contributed by atoms with Crippen LogP contribution in [0, 0.1) is 24.4 Å². The Bertz CT molecular complexity index is 1600. The Kier molecular flexibility index (Phi) is 6.23. The molecule has 0 saturated carbocycles. The molecule has 6 rings (SSSR count). The van der Waals surface area contributed by atoms with Gasteiger partial charge in [0, 0.05) is 16.8 Å². The summed E-state index contributed by atoms with van der Waals surface area (Å²) in [5, 5.41) is 0. The molecule has 0 saturated heterocycles. The van der Waals surface area contributed by atoms with Gasteiger partial charge in [0.05, 0.1) is 34.1 Å². The number of para-hydroxylation sites is 3. The number of hydrogen-bond donors (Lipinski definition) is 0. The van der Waals surface area contributed by atoms with Gasteiger partial charge in [-0.05, 0) is 85.3 Å². The minimum Gasteiger partial charge on any atom is -0.271 e. The number of benzene rings is 5. The van der Waals surface area contributed by atoms with Crippen LogP contribution in [0.3, 0.4) is 0 Å². The fourth-order valence-corrected chi connectivity index (χ4v) is 8.89. The molecule has 0 bridgehead atoms. The summed E-state index contributed by atoms with van der Waals surface area (Å²) in [6.07, 6.45) is 2.07. The molecule has 5 aromatic rings. The van der Waals surface area contributed by atoms with E-state index < -0.39 is 10.6 Å². The molecule has 0 atom stereocenters. The van der Waals surface area contributed by atoms with Gasteiger partial charge in [-0.1, -0.05) is 48.5 Å². The van der Waals surface area contributed by atoms with Crippen LogP contribution in [0.1, 0.15) is 5.56 Å². The van der Waals surface area contributed by atoms with E-state index >= 15 is 0 Å². The van der Waals surface area contributed by atoms with E-state index in [9.17, 15) is 13.2 Å². The lowest BCUT2D eigenvalue weighted by molar-refractivity contribution is 0.628. The van der Waals surface area contributed by atoms with Crippen LogP contribution in [0.4, 0.5) is 47.3 Å². The van der Waals surface area contributed by atoms with Crippen LogP contribution in [0.15, 0.2) is 121 Å². The molecular formula is C32H26F3N3S. The van der Waals surface area contributed by atoms with Crippen molar-refractivity contribution in [1.82, 2.24) is 0 Å². The third-order valence-corrected chi connectivity index (χ3v) is 10.1. The predicted molar refractivity (Wildman–Crippen MR) is 157 cm³/mol. The van der Waals surface area contributed by atoms with E-state index in [-0.39, 0.29) is 17.5 Å². The van der Waals surface area contributed by atoms with E-state index in [1.165, 1.54) is 36.4 Å². The van der Waals surface area contributed by atoms with Crippen molar-refractivity contribution in [3.63, 3.8) is 0 Å². The number of aryl methyl sites for hydroxylation is 1. The van der Waals surface area contributed by atoms with Crippen molar-refractivity contribution in [2.24, 2.45) is 0 Å². The second-order valence-electron chi connectivity index (χ2n) is 9.39. The van der Waals surface area contributed by atoms with Crippen molar-refractivity contribution in [2.75, 3.05) is 19.2 Å². The summed E-state index contributed by atoms with van der Waals surface area (Å²) < 4.78 is 50.6. The lowest BCUT2D eigenvalue weighted by Gasteiger charge is -2.55.